The third-order valence-electron chi connectivity index (χ3n) is 3.94. The van der Waals surface area contributed by atoms with Gasteiger partial charge in [-0.3, -0.25) is 4.79 Å². The first-order chi connectivity index (χ1) is 9.83. The van der Waals surface area contributed by atoms with E-state index in [0.29, 0.717) is 6.54 Å². The SMILES string of the molecule is O=C(c1ccsc1)N1CCc2c([nH]c3ccccc23)C1. The standard InChI is InChI=1S/C16H14N2OS/c19-16(11-6-8-20-10-11)18-7-5-13-12-3-1-2-4-14(12)17-15(13)9-18/h1-4,6,8,10,17H,5,7,9H2. The van der Waals surface area contributed by atoms with Crippen molar-refractivity contribution in [1.29, 1.82) is 0 Å². The molecule has 1 N–H and O–H groups in total. The van der Waals surface area contributed by atoms with Crippen LogP contribution in [0.3, 0.4) is 0 Å². The Bertz CT molecular complexity index is 773. The van der Waals surface area contributed by atoms with Crippen LogP contribution in [0, 0.1) is 0 Å². The highest BCUT2D eigenvalue weighted by molar-refractivity contribution is 7.08. The van der Waals surface area contributed by atoms with E-state index in [0.717, 1.165) is 18.5 Å². The molecule has 4 heteroatoms. The van der Waals surface area contributed by atoms with Crippen molar-refractivity contribution in [2.45, 2.75) is 13.0 Å². The van der Waals surface area contributed by atoms with E-state index in [1.807, 2.05) is 27.8 Å². The number of nitrogens with one attached hydrogen (secondary N) is 1. The molecule has 0 spiro atoms. The Kier molecular flexibility index (Phi) is 2.63. The Hall–Kier alpha value is -2.07. The maximum atomic E-state index is 12.4. The minimum Gasteiger partial charge on any atom is -0.357 e. The molecule has 0 bridgehead atoms. The largest absolute Gasteiger partial charge is 0.357 e. The molecule has 2 aromatic heterocycles. The summed E-state index contributed by atoms with van der Waals surface area (Å²) in [6, 6.07) is 10.3. The Labute approximate surface area is 120 Å². The van der Waals surface area contributed by atoms with E-state index < -0.39 is 0 Å². The molecular formula is C16H14N2OS. The van der Waals surface area contributed by atoms with E-state index in [9.17, 15) is 4.79 Å². The zero-order valence-electron chi connectivity index (χ0n) is 10.9. The molecule has 1 amide bonds. The number of amides is 1. The zero-order valence-corrected chi connectivity index (χ0v) is 11.7. The highest BCUT2D eigenvalue weighted by Gasteiger charge is 2.24. The van der Waals surface area contributed by atoms with Crippen molar-refractivity contribution in [3.63, 3.8) is 0 Å². The molecule has 1 aliphatic heterocycles. The van der Waals surface area contributed by atoms with Crippen LogP contribution in [-0.4, -0.2) is 22.3 Å². The first-order valence-corrected chi connectivity index (χ1v) is 7.67. The maximum Gasteiger partial charge on any atom is 0.255 e. The van der Waals surface area contributed by atoms with Gasteiger partial charge in [0.15, 0.2) is 0 Å². The quantitative estimate of drug-likeness (QED) is 0.729. The molecule has 3 heterocycles. The van der Waals surface area contributed by atoms with Crippen LogP contribution in [0.15, 0.2) is 41.1 Å². The minimum absolute atomic E-state index is 0.135. The van der Waals surface area contributed by atoms with Crippen LogP contribution in [0.2, 0.25) is 0 Å². The van der Waals surface area contributed by atoms with Crippen molar-refractivity contribution in [1.82, 2.24) is 9.88 Å². The molecule has 0 aliphatic carbocycles. The number of para-hydroxylation sites is 1. The lowest BCUT2D eigenvalue weighted by molar-refractivity contribution is 0.0733. The summed E-state index contributed by atoms with van der Waals surface area (Å²) >= 11 is 1.57. The van der Waals surface area contributed by atoms with Gasteiger partial charge in [-0.05, 0) is 29.5 Å². The molecule has 0 atom stereocenters. The van der Waals surface area contributed by atoms with Crippen molar-refractivity contribution >= 4 is 28.1 Å². The van der Waals surface area contributed by atoms with Gasteiger partial charge in [-0.15, -0.1) is 0 Å². The number of nitrogens with zero attached hydrogens (tertiary/aromatic N) is 1. The number of benzene rings is 1. The molecule has 1 aliphatic rings. The zero-order chi connectivity index (χ0) is 13.5. The van der Waals surface area contributed by atoms with Crippen molar-refractivity contribution < 1.29 is 4.79 Å². The van der Waals surface area contributed by atoms with Gasteiger partial charge in [0.1, 0.15) is 0 Å². The summed E-state index contributed by atoms with van der Waals surface area (Å²) in [6.07, 6.45) is 0.926. The van der Waals surface area contributed by atoms with Crippen LogP contribution < -0.4 is 0 Å². The Balaban J connectivity index is 1.68. The number of H-pyrrole nitrogens is 1. The summed E-state index contributed by atoms with van der Waals surface area (Å²) in [5.41, 5.74) is 4.52. The first-order valence-electron chi connectivity index (χ1n) is 6.73. The van der Waals surface area contributed by atoms with E-state index in [4.69, 9.17) is 0 Å². The van der Waals surface area contributed by atoms with Gasteiger partial charge in [0.2, 0.25) is 0 Å². The van der Waals surface area contributed by atoms with Crippen molar-refractivity contribution in [2.24, 2.45) is 0 Å². The minimum atomic E-state index is 0.135. The van der Waals surface area contributed by atoms with Gasteiger partial charge in [0.05, 0.1) is 12.1 Å². The average molecular weight is 282 g/mol. The Morgan fingerprint density at radius 2 is 2.15 bits per heavy atom. The topological polar surface area (TPSA) is 36.1 Å². The number of hydrogen-bond donors (Lipinski definition) is 1. The van der Waals surface area contributed by atoms with Gasteiger partial charge in [-0.25, -0.2) is 0 Å². The number of carbonyl (C=O) groups is 1. The fourth-order valence-electron chi connectivity index (χ4n) is 2.94. The predicted molar refractivity (Wildman–Crippen MR) is 81.1 cm³/mol. The van der Waals surface area contributed by atoms with E-state index in [-0.39, 0.29) is 5.91 Å². The second-order valence-electron chi connectivity index (χ2n) is 5.12. The summed E-state index contributed by atoms with van der Waals surface area (Å²) in [7, 11) is 0. The summed E-state index contributed by atoms with van der Waals surface area (Å²) in [5, 5.41) is 5.17. The van der Waals surface area contributed by atoms with Crippen LogP contribution >= 0.6 is 11.3 Å². The van der Waals surface area contributed by atoms with Crippen LogP contribution in [-0.2, 0) is 13.0 Å². The van der Waals surface area contributed by atoms with Crippen LogP contribution in [0.25, 0.3) is 10.9 Å². The number of rotatable bonds is 1. The third-order valence-corrected chi connectivity index (χ3v) is 4.62. The molecule has 0 saturated carbocycles. The van der Waals surface area contributed by atoms with Gasteiger partial charge >= 0.3 is 0 Å². The highest BCUT2D eigenvalue weighted by Crippen LogP contribution is 2.28. The molecule has 100 valence electrons. The molecule has 1 aromatic carbocycles. The molecule has 3 nitrogen and oxygen atoms in total. The second-order valence-corrected chi connectivity index (χ2v) is 5.90. The molecule has 0 unspecified atom stereocenters. The summed E-state index contributed by atoms with van der Waals surface area (Å²) in [5.74, 6) is 0.135. The first kappa shape index (κ1) is 11.7. The number of aromatic nitrogens is 1. The van der Waals surface area contributed by atoms with E-state index in [1.165, 1.54) is 22.2 Å². The number of carbonyl (C=O) groups excluding carboxylic acids is 1. The van der Waals surface area contributed by atoms with Gasteiger partial charge < -0.3 is 9.88 Å². The monoisotopic (exact) mass is 282 g/mol. The second kappa shape index (κ2) is 4.49. The van der Waals surface area contributed by atoms with E-state index in [1.54, 1.807) is 11.3 Å². The Morgan fingerprint density at radius 3 is 3.00 bits per heavy atom. The van der Waals surface area contributed by atoms with E-state index >= 15 is 0 Å². The fraction of sp³-hybridized carbons (Fsp3) is 0.188. The number of hydrogen-bond acceptors (Lipinski definition) is 2. The summed E-state index contributed by atoms with van der Waals surface area (Å²) < 4.78 is 0. The van der Waals surface area contributed by atoms with Crippen LogP contribution in [0.1, 0.15) is 21.6 Å². The molecule has 20 heavy (non-hydrogen) atoms. The predicted octanol–water partition coefficient (Wildman–Crippen LogP) is 3.43. The molecule has 4 rings (SSSR count). The van der Waals surface area contributed by atoms with Gasteiger partial charge in [-0.2, -0.15) is 11.3 Å². The summed E-state index contributed by atoms with van der Waals surface area (Å²) in [6.45, 7) is 1.47. The number of fused-ring (bicyclic) bond motifs is 3. The highest BCUT2D eigenvalue weighted by atomic mass is 32.1. The molecule has 3 aromatic rings. The normalized spacial score (nSPS) is 14.5. The maximum absolute atomic E-state index is 12.4. The van der Waals surface area contributed by atoms with Crippen molar-refractivity contribution in [2.75, 3.05) is 6.54 Å². The summed E-state index contributed by atoms with van der Waals surface area (Å²) in [4.78, 5) is 17.8. The molecular weight excluding hydrogens is 268 g/mol. The van der Waals surface area contributed by atoms with Crippen molar-refractivity contribution in [3.8, 4) is 0 Å². The molecule has 0 radical (unpaired) electrons. The lowest BCUT2D eigenvalue weighted by atomic mass is 10.0. The van der Waals surface area contributed by atoms with Crippen LogP contribution in [0.5, 0.6) is 0 Å². The van der Waals surface area contributed by atoms with Gasteiger partial charge in [0, 0.05) is 28.5 Å². The molecule has 0 saturated heterocycles. The fourth-order valence-corrected chi connectivity index (χ4v) is 3.56. The van der Waals surface area contributed by atoms with Crippen LogP contribution in [0.4, 0.5) is 0 Å². The smallest absolute Gasteiger partial charge is 0.255 e. The lowest BCUT2D eigenvalue weighted by Crippen LogP contribution is -2.35. The van der Waals surface area contributed by atoms with Gasteiger partial charge in [-0.1, -0.05) is 18.2 Å². The number of thiophene rings is 1. The Morgan fingerprint density at radius 1 is 1.25 bits per heavy atom. The van der Waals surface area contributed by atoms with Gasteiger partial charge in [0.25, 0.3) is 5.91 Å². The average Bonchev–Trinajstić information content (AvgIpc) is 3.13. The lowest BCUT2D eigenvalue weighted by Gasteiger charge is -2.26. The van der Waals surface area contributed by atoms with E-state index in [2.05, 4.69) is 23.2 Å². The number of aromatic amines is 1. The third kappa shape index (κ3) is 1.76. The van der Waals surface area contributed by atoms with Crippen molar-refractivity contribution in [3.05, 3.63) is 57.9 Å². The molecule has 0 fully saturated rings.